The van der Waals surface area contributed by atoms with E-state index in [4.69, 9.17) is 5.73 Å². The molecular weight excluding hydrogens is 105 g/mol. The largest absolute Gasteiger partial charge is 0.397 e. The molecule has 1 nitrogen and oxygen atoms in total. The highest BCUT2D eigenvalue weighted by Crippen LogP contribution is 2.01. The lowest BCUT2D eigenvalue weighted by Crippen LogP contribution is -1.93. The quantitative estimate of drug-likeness (QED) is 0.539. The van der Waals surface area contributed by atoms with Crippen LogP contribution in [0.1, 0.15) is 0 Å². The maximum absolute atomic E-state index is 12.1. The van der Waals surface area contributed by atoms with E-state index in [1.165, 1.54) is 6.08 Å². The fourth-order valence-corrected chi connectivity index (χ4v) is 0.211. The van der Waals surface area contributed by atoms with Gasteiger partial charge in [0.1, 0.15) is 5.83 Å². The Bertz CT molecular complexity index is 135. The lowest BCUT2D eigenvalue weighted by molar-refractivity contribution is 0.650. The minimum atomic E-state index is -0.528. The van der Waals surface area contributed by atoms with E-state index in [1.807, 2.05) is 0 Å². The van der Waals surface area contributed by atoms with Gasteiger partial charge in [-0.15, -0.1) is 0 Å². The molecule has 0 amide bonds. The topological polar surface area (TPSA) is 26.0 Å². The summed E-state index contributed by atoms with van der Waals surface area (Å²) in [5.74, 6) is -0.528. The first kappa shape index (κ1) is 6.95. The van der Waals surface area contributed by atoms with Crippen molar-refractivity contribution in [3.8, 4) is 0 Å². The highest BCUT2D eigenvalue weighted by Gasteiger charge is 1.89. The van der Waals surface area contributed by atoms with Gasteiger partial charge in [-0.2, -0.15) is 0 Å². The Hall–Kier alpha value is -1.05. The molecule has 0 spiro atoms. The van der Waals surface area contributed by atoms with Crippen LogP contribution in [0.3, 0.4) is 0 Å². The van der Waals surface area contributed by atoms with Gasteiger partial charge in [0.15, 0.2) is 0 Å². The van der Waals surface area contributed by atoms with E-state index < -0.39 is 5.83 Å². The van der Waals surface area contributed by atoms with Crippen LogP contribution < -0.4 is 5.73 Å². The maximum Gasteiger partial charge on any atom is 0.145 e. The van der Waals surface area contributed by atoms with Crippen molar-refractivity contribution in [2.75, 3.05) is 0 Å². The summed E-state index contributed by atoms with van der Waals surface area (Å²) >= 11 is 0. The van der Waals surface area contributed by atoms with Gasteiger partial charge in [0, 0.05) is 0 Å². The SMILES string of the molecule is C=C/C=C(/F)C(=C)N. The molecule has 0 heterocycles. The second-order valence-corrected chi connectivity index (χ2v) is 1.28. The summed E-state index contributed by atoms with van der Waals surface area (Å²) in [6.45, 7) is 6.43. The van der Waals surface area contributed by atoms with Gasteiger partial charge in [-0.1, -0.05) is 19.2 Å². The zero-order valence-electron chi connectivity index (χ0n) is 4.52. The van der Waals surface area contributed by atoms with E-state index in [1.54, 1.807) is 0 Å². The zero-order chi connectivity index (χ0) is 6.57. The number of hydrogen-bond donors (Lipinski definition) is 1. The molecule has 0 saturated carbocycles. The van der Waals surface area contributed by atoms with Crippen molar-refractivity contribution in [2.45, 2.75) is 0 Å². The molecule has 0 unspecified atom stereocenters. The van der Waals surface area contributed by atoms with E-state index in [0.29, 0.717) is 0 Å². The number of halogens is 1. The number of nitrogens with two attached hydrogens (primary N) is 1. The van der Waals surface area contributed by atoms with Gasteiger partial charge in [-0.05, 0) is 6.08 Å². The van der Waals surface area contributed by atoms with Gasteiger partial charge in [0.2, 0.25) is 0 Å². The summed E-state index contributed by atoms with van der Waals surface area (Å²) in [6.07, 6.45) is 2.47. The third-order valence-corrected chi connectivity index (χ3v) is 0.571. The van der Waals surface area contributed by atoms with Crippen LogP contribution in [0.5, 0.6) is 0 Å². The minimum absolute atomic E-state index is 0.0649. The van der Waals surface area contributed by atoms with Gasteiger partial charge in [-0.25, -0.2) is 4.39 Å². The Balaban J connectivity index is 3.99. The second-order valence-electron chi connectivity index (χ2n) is 1.28. The van der Waals surface area contributed by atoms with E-state index in [9.17, 15) is 4.39 Å². The molecule has 2 heteroatoms. The molecule has 0 aliphatic carbocycles. The molecule has 0 rings (SSSR count). The molecular formula is C6H8FN. The predicted octanol–water partition coefficient (Wildman–Crippen LogP) is 1.50. The fraction of sp³-hybridized carbons (Fsp3) is 0. The highest BCUT2D eigenvalue weighted by molar-refractivity contribution is 5.21. The van der Waals surface area contributed by atoms with Crippen molar-refractivity contribution >= 4 is 0 Å². The Morgan fingerprint density at radius 1 is 1.62 bits per heavy atom. The number of allylic oxidation sites excluding steroid dienone is 3. The Morgan fingerprint density at radius 2 is 2.12 bits per heavy atom. The summed E-state index contributed by atoms with van der Waals surface area (Å²) in [5, 5.41) is 0. The summed E-state index contributed by atoms with van der Waals surface area (Å²) < 4.78 is 12.1. The van der Waals surface area contributed by atoms with Crippen molar-refractivity contribution in [2.24, 2.45) is 5.73 Å². The third kappa shape index (κ3) is 2.18. The molecule has 0 fully saturated rings. The Kier molecular flexibility index (Phi) is 2.62. The Labute approximate surface area is 48.0 Å². The standard InChI is InChI=1S/C6H8FN/c1-3-4-6(7)5(2)8/h3-4H,1-2,8H2/b6-4+. The van der Waals surface area contributed by atoms with Gasteiger partial charge in [-0.3, -0.25) is 0 Å². The maximum atomic E-state index is 12.1. The molecule has 0 radical (unpaired) electrons. The van der Waals surface area contributed by atoms with Crippen molar-refractivity contribution in [3.63, 3.8) is 0 Å². The first-order chi connectivity index (χ1) is 3.68. The number of hydrogen-bond acceptors (Lipinski definition) is 1. The highest BCUT2D eigenvalue weighted by atomic mass is 19.1. The molecule has 8 heavy (non-hydrogen) atoms. The average molecular weight is 113 g/mol. The molecule has 0 aliphatic heterocycles. The second kappa shape index (κ2) is 3.02. The van der Waals surface area contributed by atoms with Crippen molar-refractivity contribution in [1.29, 1.82) is 0 Å². The van der Waals surface area contributed by atoms with Crippen LogP contribution in [0.15, 0.2) is 36.8 Å². The summed E-state index contributed by atoms with van der Waals surface area (Å²) in [4.78, 5) is 0. The molecule has 2 N–H and O–H groups in total. The Morgan fingerprint density at radius 3 is 2.25 bits per heavy atom. The van der Waals surface area contributed by atoms with Gasteiger partial charge >= 0.3 is 0 Å². The molecule has 0 aromatic heterocycles. The lowest BCUT2D eigenvalue weighted by atomic mass is 10.4. The number of rotatable bonds is 2. The van der Waals surface area contributed by atoms with Gasteiger partial charge in [0.25, 0.3) is 0 Å². The van der Waals surface area contributed by atoms with Crippen LogP contribution in [-0.2, 0) is 0 Å². The third-order valence-electron chi connectivity index (χ3n) is 0.571. The smallest absolute Gasteiger partial charge is 0.145 e. The zero-order valence-corrected chi connectivity index (χ0v) is 4.52. The van der Waals surface area contributed by atoms with Gasteiger partial charge in [0.05, 0.1) is 5.70 Å². The van der Waals surface area contributed by atoms with Crippen LogP contribution in [-0.4, -0.2) is 0 Å². The molecule has 0 aromatic carbocycles. The monoisotopic (exact) mass is 113 g/mol. The molecule has 44 valence electrons. The first-order valence-corrected chi connectivity index (χ1v) is 2.11. The summed E-state index contributed by atoms with van der Waals surface area (Å²) in [5.41, 5.74) is 4.87. The average Bonchev–Trinajstić information content (AvgIpc) is 1.67. The van der Waals surface area contributed by atoms with E-state index in [-0.39, 0.29) is 5.70 Å². The van der Waals surface area contributed by atoms with E-state index in [0.717, 1.165) is 6.08 Å². The van der Waals surface area contributed by atoms with Crippen molar-refractivity contribution in [1.82, 2.24) is 0 Å². The van der Waals surface area contributed by atoms with Crippen LogP contribution in [0.25, 0.3) is 0 Å². The van der Waals surface area contributed by atoms with Crippen LogP contribution in [0.2, 0.25) is 0 Å². The normalized spacial score (nSPS) is 10.9. The fourth-order valence-electron chi connectivity index (χ4n) is 0.211. The van der Waals surface area contributed by atoms with Crippen molar-refractivity contribution < 1.29 is 4.39 Å². The minimum Gasteiger partial charge on any atom is -0.397 e. The molecule has 0 aliphatic rings. The lowest BCUT2D eigenvalue weighted by Gasteiger charge is -1.88. The summed E-state index contributed by atoms with van der Waals surface area (Å²) in [7, 11) is 0. The predicted molar refractivity (Wildman–Crippen MR) is 32.7 cm³/mol. The first-order valence-electron chi connectivity index (χ1n) is 2.11. The van der Waals surface area contributed by atoms with E-state index >= 15 is 0 Å². The van der Waals surface area contributed by atoms with E-state index in [2.05, 4.69) is 13.2 Å². The molecule has 0 saturated heterocycles. The van der Waals surface area contributed by atoms with Crippen LogP contribution in [0.4, 0.5) is 4.39 Å². The van der Waals surface area contributed by atoms with Crippen LogP contribution in [0, 0.1) is 0 Å². The molecule has 0 aromatic rings. The summed E-state index contributed by atoms with van der Waals surface area (Å²) in [6, 6.07) is 0. The molecule has 0 atom stereocenters. The van der Waals surface area contributed by atoms with Crippen LogP contribution >= 0.6 is 0 Å². The van der Waals surface area contributed by atoms with Gasteiger partial charge < -0.3 is 5.73 Å². The van der Waals surface area contributed by atoms with Crippen molar-refractivity contribution in [3.05, 3.63) is 36.8 Å². The molecule has 0 bridgehead atoms.